The van der Waals surface area contributed by atoms with E-state index in [1.54, 1.807) is 0 Å². The molecular formula is C14H20N2O. The Morgan fingerprint density at radius 1 is 1.29 bits per heavy atom. The Hall–Kier alpha value is -1.35. The average Bonchev–Trinajstić information content (AvgIpc) is 2.61. The van der Waals surface area contributed by atoms with Crippen LogP contribution in [-0.2, 0) is 24.3 Å². The molecule has 0 aliphatic carbocycles. The van der Waals surface area contributed by atoms with E-state index in [1.165, 1.54) is 11.1 Å². The lowest BCUT2D eigenvalue weighted by Gasteiger charge is -2.20. The van der Waals surface area contributed by atoms with Gasteiger partial charge in [0, 0.05) is 18.6 Å². The lowest BCUT2D eigenvalue weighted by molar-refractivity contribution is -0.121. The van der Waals surface area contributed by atoms with Gasteiger partial charge in [0.1, 0.15) is 0 Å². The van der Waals surface area contributed by atoms with E-state index in [2.05, 4.69) is 22.8 Å². The smallest absolute Gasteiger partial charge is 0.224 e. The molecule has 1 aliphatic rings. The fourth-order valence-corrected chi connectivity index (χ4v) is 2.11. The minimum Gasteiger partial charge on any atom is -0.351 e. The van der Waals surface area contributed by atoms with Gasteiger partial charge >= 0.3 is 0 Å². The van der Waals surface area contributed by atoms with Crippen LogP contribution in [0.3, 0.4) is 0 Å². The molecule has 1 aliphatic heterocycles. The Bertz CT molecular complexity index is 432. The van der Waals surface area contributed by atoms with E-state index in [0.29, 0.717) is 6.42 Å². The monoisotopic (exact) mass is 232 g/mol. The van der Waals surface area contributed by atoms with Crippen LogP contribution in [0.25, 0.3) is 0 Å². The first-order valence-corrected chi connectivity index (χ1v) is 6.06. The molecule has 0 aromatic heterocycles. The Balaban J connectivity index is 2.02. The molecule has 3 heteroatoms. The molecule has 17 heavy (non-hydrogen) atoms. The number of amides is 1. The predicted molar refractivity (Wildman–Crippen MR) is 68.6 cm³/mol. The molecule has 2 N–H and O–H groups in total. The first-order chi connectivity index (χ1) is 7.94. The van der Waals surface area contributed by atoms with E-state index in [-0.39, 0.29) is 11.4 Å². The van der Waals surface area contributed by atoms with Crippen LogP contribution in [0.15, 0.2) is 18.2 Å². The van der Waals surface area contributed by atoms with Gasteiger partial charge in [-0.25, -0.2) is 0 Å². The van der Waals surface area contributed by atoms with Gasteiger partial charge in [0.05, 0.1) is 6.42 Å². The van der Waals surface area contributed by atoms with Gasteiger partial charge in [-0.1, -0.05) is 18.2 Å². The number of rotatable bonds is 2. The molecule has 1 heterocycles. The predicted octanol–water partition coefficient (Wildman–Crippen LogP) is 1.75. The number of carbonyl (C=O) groups excluding carboxylic acids is 1. The highest BCUT2D eigenvalue weighted by atomic mass is 16.1. The highest BCUT2D eigenvalue weighted by molar-refractivity contribution is 5.79. The van der Waals surface area contributed by atoms with Crippen molar-refractivity contribution in [3.63, 3.8) is 0 Å². The third-order valence-corrected chi connectivity index (χ3v) is 2.78. The molecule has 0 spiro atoms. The van der Waals surface area contributed by atoms with Crippen molar-refractivity contribution >= 4 is 5.91 Å². The highest BCUT2D eigenvalue weighted by Gasteiger charge is 2.15. The average molecular weight is 232 g/mol. The number of fused-ring (bicyclic) bond motifs is 1. The number of hydrogen-bond donors (Lipinski definition) is 2. The maximum absolute atomic E-state index is 11.8. The summed E-state index contributed by atoms with van der Waals surface area (Å²) in [6.07, 6.45) is 0.463. The molecular weight excluding hydrogens is 212 g/mol. The van der Waals surface area contributed by atoms with E-state index in [0.717, 1.165) is 18.7 Å². The SMILES string of the molecule is CC(C)(C)NC(=O)Cc1ccc2c(c1)CNC2. The van der Waals surface area contributed by atoms with Gasteiger partial charge in [-0.2, -0.15) is 0 Å². The minimum absolute atomic E-state index is 0.0865. The summed E-state index contributed by atoms with van der Waals surface area (Å²) in [5, 5.41) is 6.29. The molecule has 0 atom stereocenters. The fourth-order valence-electron chi connectivity index (χ4n) is 2.11. The normalized spacial score (nSPS) is 14.5. The van der Waals surface area contributed by atoms with Crippen LogP contribution in [0.2, 0.25) is 0 Å². The van der Waals surface area contributed by atoms with Crippen molar-refractivity contribution in [1.82, 2.24) is 10.6 Å². The summed E-state index contributed by atoms with van der Waals surface area (Å²) in [6, 6.07) is 6.31. The Morgan fingerprint density at radius 2 is 2.00 bits per heavy atom. The van der Waals surface area contributed by atoms with Crippen molar-refractivity contribution in [2.75, 3.05) is 0 Å². The molecule has 1 aromatic rings. The minimum atomic E-state index is -0.157. The van der Waals surface area contributed by atoms with Crippen LogP contribution in [0.5, 0.6) is 0 Å². The van der Waals surface area contributed by atoms with Crippen LogP contribution in [0.1, 0.15) is 37.5 Å². The summed E-state index contributed by atoms with van der Waals surface area (Å²) in [5.41, 5.74) is 3.61. The summed E-state index contributed by atoms with van der Waals surface area (Å²) < 4.78 is 0. The third kappa shape index (κ3) is 3.30. The Labute approximate surface area is 103 Å². The number of nitrogens with one attached hydrogen (secondary N) is 2. The van der Waals surface area contributed by atoms with Crippen LogP contribution in [-0.4, -0.2) is 11.4 Å². The summed E-state index contributed by atoms with van der Waals surface area (Å²) in [7, 11) is 0. The maximum atomic E-state index is 11.8. The van der Waals surface area contributed by atoms with Crippen molar-refractivity contribution in [3.05, 3.63) is 34.9 Å². The first-order valence-electron chi connectivity index (χ1n) is 6.06. The van der Waals surface area contributed by atoms with Gasteiger partial charge in [0.15, 0.2) is 0 Å². The van der Waals surface area contributed by atoms with Crippen LogP contribution >= 0.6 is 0 Å². The molecule has 92 valence electrons. The van der Waals surface area contributed by atoms with E-state index in [9.17, 15) is 4.79 Å². The highest BCUT2D eigenvalue weighted by Crippen LogP contribution is 2.17. The zero-order chi connectivity index (χ0) is 12.5. The van der Waals surface area contributed by atoms with Crippen molar-refractivity contribution in [2.24, 2.45) is 0 Å². The largest absolute Gasteiger partial charge is 0.351 e. The molecule has 0 radical (unpaired) electrons. The molecule has 0 unspecified atom stereocenters. The van der Waals surface area contributed by atoms with Gasteiger partial charge in [0.2, 0.25) is 5.91 Å². The Morgan fingerprint density at radius 3 is 2.71 bits per heavy atom. The zero-order valence-electron chi connectivity index (χ0n) is 10.8. The molecule has 0 saturated heterocycles. The van der Waals surface area contributed by atoms with E-state index in [4.69, 9.17) is 0 Å². The van der Waals surface area contributed by atoms with Crippen LogP contribution in [0, 0.1) is 0 Å². The lowest BCUT2D eigenvalue weighted by atomic mass is 10.0. The van der Waals surface area contributed by atoms with E-state index in [1.807, 2.05) is 26.8 Å². The summed E-state index contributed by atoms with van der Waals surface area (Å²) in [4.78, 5) is 11.8. The molecule has 1 amide bonds. The molecule has 3 nitrogen and oxygen atoms in total. The molecule has 2 rings (SSSR count). The van der Waals surface area contributed by atoms with Gasteiger partial charge < -0.3 is 10.6 Å². The fraction of sp³-hybridized carbons (Fsp3) is 0.500. The Kier molecular flexibility index (Phi) is 3.20. The molecule has 1 aromatic carbocycles. The van der Waals surface area contributed by atoms with Crippen molar-refractivity contribution in [2.45, 2.75) is 45.8 Å². The van der Waals surface area contributed by atoms with Crippen LogP contribution in [0.4, 0.5) is 0 Å². The molecule has 0 bridgehead atoms. The molecule has 0 saturated carbocycles. The quantitative estimate of drug-likeness (QED) is 0.815. The van der Waals surface area contributed by atoms with Crippen molar-refractivity contribution in [3.8, 4) is 0 Å². The lowest BCUT2D eigenvalue weighted by Crippen LogP contribution is -2.41. The second-order valence-electron chi connectivity index (χ2n) is 5.68. The summed E-state index contributed by atoms with van der Waals surface area (Å²) in [5.74, 6) is 0.0865. The number of carbonyl (C=O) groups is 1. The maximum Gasteiger partial charge on any atom is 0.224 e. The summed E-state index contributed by atoms with van der Waals surface area (Å²) >= 11 is 0. The number of hydrogen-bond acceptors (Lipinski definition) is 2. The third-order valence-electron chi connectivity index (χ3n) is 2.78. The van der Waals surface area contributed by atoms with Gasteiger partial charge in [-0.3, -0.25) is 4.79 Å². The van der Waals surface area contributed by atoms with Gasteiger partial charge in [0.25, 0.3) is 0 Å². The first kappa shape index (κ1) is 12.1. The number of benzene rings is 1. The standard InChI is InChI=1S/C14H20N2O/c1-14(2,3)16-13(17)7-10-4-5-11-8-15-9-12(11)6-10/h4-6,15H,7-9H2,1-3H3,(H,16,17). The van der Waals surface area contributed by atoms with Gasteiger partial charge in [-0.15, -0.1) is 0 Å². The molecule has 0 fully saturated rings. The van der Waals surface area contributed by atoms with E-state index >= 15 is 0 Å². The van der Waals surface area contributed by atoms with E-state index < -0.39 is 0 Å². The van der Waals surface area contributed by atoms with Gasteiger partial charge in [-0.05, 0) is 37.5 Å². The zero-order valence-corrected chi connectivity index (χ0v) is 10.8. The van der Waals surface area contributed by atoms with Crippen LogP contribution < -0.4 is 10.6 Å². The second-order valence-corrected chi connectivity index (χ2v) is 5.68. The second kappa shape index (κ2) is 4.49. The summed E-state index contributed by atoms with van der Waals surface area (Å²) in [6.45, 7) is 7.86. The topological polar surface area (TPSA) is 41.1 Å². The van der Waals surface area contributed by atoms with Crippen molar-refractivity contribution in [1.29, 1.82) is 0 Å². The van der Waals surface area contributed by atoms with Crippen molar-refractivity contribution < 1.29 is 4.79 Å².